The number of ether oxygens (including phenoxy) is 2. The Labute approximate surface area is 223 Å². The smallest absolute Gasteiger partial charge is 0.320 e. The van der Waals surface area contributed by atoms with Crippen molar-refractivity contribution in [1.29, 1.82) is 0 Å². The van der Waals surface area contributed by atoms with Crippen molar-refractivity contribution in [3.05, 3.63) is 77.6 Å². The van der Waals surface area contributed by atoms with Gasteiger partial charge in [-0.05, 0) is 81.3 Å². The monoisotopic (exact) mass is 514 g/mol. The van der Waals surface area contributed by atoms with Crippen LogP contribution in [0.1, 0.15) is 37.6 Å². The minimum absolute atomic E-state index is 0.183. The molecule has 0 N–H and O–H groups in total. The van der Waals surface area contributed by atoms with E-state index < -0.39 is 5.60 Å². The molecule has 0 radical (unpaired) electrons. The van der Waals surface area contributed by atoms with Gasteiger partial charge < -0.3 is 14.0 Å². The minimum atomic E-state index is -0.504. The third-order valence-corrected chi connectivity index (χ3v) is 5.85. The van der Waals surface area contributed by atoms with Crippen LogP contribution in [0, 0.1) is 6.92 Å². The van der Waals surface area contributed by atoms with E-state index in [4.69, 9.17) is 14.0 Å². The SMILES string of the molecule is COCc1cc(-c2nc(-c3ccc(CN(C)CC(=O)OC(C)(C)C)nc3)no2)ccc1-c1ccccc1C. The van der Waals surface area contributed by atoms with Gasteiger partial charge in [0, 0.05) is 31.0 Å². The van der Waals surface area contributed by atoms with Crippen LogP contribution in [0.3, 0.4) is 0 Å². The van der Waals surface area contributed by atoms with Crippen LogP contribution < -0.4 is 0 Å². The van der Waals surface area contributed by atoms with Crippen molar-refractivity contribution in [2.24, 2.45) is 0 Å². The standard InChI is InChI=1S/C30H34N4O4/c1-20-9-7-8-10-25(20)26-14-12-21(15-23(26)19-36-6)29-32-28(33-38-29)22-11-13-24(31-16-22)17-34(5)18-27(35)37-30(2,3)4/h7-16H,17-19H2,1-6H3. The predicted molar refractivity (Wildman–Crippen MR) is 146 cm³/mol. The van der Waals surface area contributed by atoms with E-state index in [1.54, 1.807) is 13.3 Å². The first-order valence-electron chi connectivity index (χ1n) is 12.5. The normalized spacial score (nSPS) is 11.7. The summed E-state index contributed by atoms with van der Waals surface area (Å²) >= 11 is 0. The Balaban J connectivity index is 1.47. The average molecular weight is 515 g/mol. The van der Waals surface area contributed by atoms with Gasteiger partial charge in [-0.1, -0.05) is 35.5 Å². The summed E-state index contributed by atoms with van der Waals surface area (Å²) in [5.41, 5.74) is 6.40. The van der Waals surface area contributed by atoms with Gasteiger partial charge >= 0.3 is 5.97 Å². The second-order valence-corrected chi connectivity index (χ2v) is 10.3. The second-order valence-electron chi connectivity index (χ2n) is 10.3. The first kappa shape index (κ1) is 27.2. The lowest BCUT2D eigenvalue weighted by molar-refractivity contribution is -0.155. The molecule has 0 saturated carbocycles. The summed E-state index contributed by atoms with van der Waals surface area (Å²) in [5, 5.41) is 4.17. The summed E-state index contributed by atoms with van der Waals surface area (Å²) in [5.74, 6) is 0.615. The highest BCUT2D eigenvalue weighted by Gasteiger charge is 2.18. The van der Waals surface area contributed by atoms with Crippen molar-refractivity contribution in [3.8, 4) is 34.0 Å². The lowest BCUT2D eigenvalue weighted by Gasteiger charge is -2.22. The lowest BCUT2D eigenvalue weighted by Crippen LogP contribution is -2.32. The molecule has 0 fully saturated rings. The van der Waals surface area contributed by atoms with Crippen LogP contribution in [-0.2, 0) is 27.4 Å². The number of esters is 1. The summed E-state index contributed by atoms with van der Waals surface area (Å²) in [6.07, 6.45) is 1.71. The van der Waals surface area contributed by atoms with Crippen molar-refractivity contribution in [3.63, 3.8) is 0 Å². The Morgan fingerprint density at radius 3 is 2.47 bits per heavy atom. The maximum atomic E-state index is 12.1. The van der Waals surface area contributed by atoms with Gasteiger partial charge in [0.2, 0.25) is 5.82 Å². The van der Waals surface area contributed by atoms with Crippen LogP contribution >= 0.6 is 0 Å². The molecule has 0 unspecified atom stereocenters. The molecule has 2 aromatic heterocycles. The number of carbonyl (C=O) groups excluding carboxylic acids is 1. The van der Waals surface area contributed by atoms with Gasteiger partial charge in [0.15, 0.2) is 0 Å². The molecule has 0 spiro atoms. The number of methoxy groups -OCH3 is 1. The fourth-order valence-corrected chi connectivity index (χ4v) is 4.17. The Hall–Kier alpha value is -3.88. The van der Waals surface area contributed by atoms with Crippen molar-refractivity contribution >= 4 is 5.97 Å². The molecule has 2 aromatic carbocycles. The molecule has 0 atom stereocenters. The summed E-state index contributed by atoms with van der Waals surface area (Å²) in [4.78, 5) is 23.0. The first-order chi connectivity index (χ1) is 18.1. The number of likely N-dealkylation sites (N-methyl/N-ethyl adjacent to an activating group) is 1. The largest absolute Gasteiger partial charge is 0.459 e. The quantitative estimate of drug-likeness (QED) is 0.263. The number of benzene rings is 2. The molecule has 0 saturated heterocycles. The van der Waals surface area contributed by atoms with E-state index >= 15 is 0 Å². The third kappa shape index (κ3) is 6.90. The highest BCUT2D eigenvalue weighted by molar-refractivity contribution is 5.74. The minimum Gasteiger partial charge on any atom is -0.459 e. The van der Waals surface area contributed by atoms with Gasteiger partial charge in [-0.15, -0.1) is 0 Å². The Kier molecular flexibility index (Phi) is 8.34. The molecule has 4 aromatic rings. The number of hydrogen-bond donors (Lipinski definition) is 0. The summed E-state index contributed by atoms with van der Waals surface area (Å²) in [6.45, 7) is 8.82. The molecule has 38 heavy (non-hydrogen) atoms. The van der Waals surface area contributed by atoms with Crippen LogP contribution in [0.2, 0.25) is 0 Å². The maximum Gasteiger partial charge on any atom is 0.320 e. The van der Waals surface area contributed by atoms with E-state index in [1.807, 2.05) is 69.1 Å². The van der Waals surface area contributed by atoms with Crippen LogP contribution in [0.25, 0.3) is 34.0 Å². The predicted octanol–water partition coefficient (Wildman–Crippen LogP) is 5.69. The summed E-state index contributed by atoms with van der Waals surface area (Å²) in [6, 6.07) is 18.2. The van der Waals surface area contributed by atoms with Gasteiger partial charge in [-0.2, -0.15) is 4.98 Å². The Morgan fingerprint density at radius 1 is 1.03 bits per heavy atom. The zero-order valence-corrected chi connectivity index (χ0v) is 22.8. The van der Waals surface area contributed by atoms with E-state index in [0.29, 0.717) is 24.9 Å². The number of hydrogen-bond acceptors (Lipinski definition) is 8. The first-order valence-corrected chi connectivity index (χ1v) is 12.5. The molecule has 0 aliphatic rings. The fourth-order valence-electron chi connectivity index (χ4n) is 4.17. The van der Waals surface area contributed by atoms with Crippen molar-refractivity contribution in [2.45, 2.75) is 46.4 Å². The topological polar surface area (TPSA) is 90.6 Å². The zero-order chi connectivity index (χ0) is 27.3. The van der Waals surface area contributed by atoms with Crippen LogP contribution in [0.4, 0.5) is 0 Å². The molecule has 8 nitrogen and oxygen atoms in total. The molecule has 0 aliphatic carbocycles. The molecule has 0 aliphatic heterocycles. The van der Waals surface area contributed by atoms with Gasteiger partial charge in [0.1, 0.15) is 5.60 Å². The molecule has 4 rings (SSSR count). The highest BCUT2D eigenvalue weighted by atomic mass is 16.6. The fraction of sp³-hybridized carbons (Fsp3) is 0.333. The van der Waals surface area contributed by atoms with Gasteiger partial charge in [-0.3, -0.25) is 14.7 Å². The Morgan fingerprint density at radius 2 is 1.79 bits per heavy atom. The van der Waals surface area contributed by atoms with E-state index in [0.717, 1.165) is 27.9 Å². The average Bonchev–Trinajstić information content (AvgIpc) is 3.34. The Bertz CT molecular complexity index is 1390. The van der Waals surface area contributed by atoms with Gasteiger partial charge in [0.25, 0.3) is 5.89 Å². The van der Waals surface area contributed by atoms with Crippen molar-refractivity contribution < 1.29 is 18.8 Å². The molecule has 0 amide bonds. The van der Waals surface area contributed by atoms with Crippen LogP contribution in [-0.4, -0.2) is 52.3 Å². The number of rotatable bonds is 9. The molecule has 0 bridgehead atoms. The van der Waals surface area contributed by atoms with E-state index in [1.165, 1.54) is 11.1 Å². The third-order valence-electron chi connectivity index (χ3n) is 5.85. The van der Waals surface area contributed by atoms with Crippen molar-refractivity contribution in [1.82, 2.24) is 20.0 Å². The maximum absolute atomic E-state index is 12.1. The number of aromatic nitrogens is 3. The lowest BCUT2D eigenvalue weighted by atomic mass is 9.94. The molecular weight excluding hydrogens is 480 g/mol. The molecule has 2 heterocycles. The summed E-state index contributed by atoms with van der Waals surface area (Å²) < 4.78 is 16.5. The molecule has 198 valence electrons. The molecular formula is C30H34N4O4. The number of pyridine rings is 1. The van der Waals surface area contributed by atoms with Crippen LogP contribution in [0.15, 0.2) is 65.3 Å². The zero-order valence-electron chi connectivity index (χ0n) is 22.8. The second kappa shape index (κ2) is 11.7. The van der Waals surface area contributed by atoms with Gasteiger partial charge in [0.05, 0.1) is 18.8 Å². The number of aryl methyl sites for hydroxylation is 1. The summed E-state index contributed by atoms with van der Waals surface area (Å²) in [7, 11) is 3.54. The van der Waals surface area contributed by atoms with Gasteiger partial charge in [-0.25, -0.2) is 0 Å². The van der Waals surface area contributed by atoms with E-state index in [-0.39, 0.29) is 12.5 Å². The number of nitrogens with zero attached hydrogens (tertiary/aromatic N) is 4. The van der Waals surface area contributed by atoms with E-state index in [9.17, 15) is 4.79 Å². The van der Waals surface area contributed by atoms with E-state index in [2.05, 4.69) is 40.2 Å². The molecule has 8 heteroatoms. The van der Waals surface area contributed by atoms with Crippen molar-refractivity contribution in [2.75, 3.05) is 20.7 Å². The highest BCUT2D eigenvalue weighted by Crippen LogP contribution is 2.31. The number of carbonyl (C=O) groups is 1. The van der Waals surface area contributed by atoms with Crippen LogP contribution in [0.5, 0.6) is 0 Å².